The number of phenols is 1. The molecule has 0 spiro atoms. The number of phenolic OH excluding ortho intramolecular Hbond substituents is 1. The van der Waals surface area contributed by atoms with Crippen molar-refractivity contribution < 1.29 is 5.11 Å². The molecule has 4 heteroatoms. The van der Waals surface area contributed by atoms with Crippen LogP contribution in [0.2, 0.25) is 5.02 Å². The van der Waals surface area contributed by atoms with Gasteiger partial charge in [0.1, 0.15) is 5.75 Å². The van der Waals surface area contributed by atoms with Gasteiger partial charge in [-0.05, 0) is 64.7 Å². The van der Waals surface area contributed by atoms with E-state index in [-0.39, 0.29) is 0 Å². The van der Waals surface area contributed by atoms with E-state index in [9.17, 15) is 5.11 Å². The molecule has 0 atom stereocenters. The quantitative estimate of drug-likeness (QED) is 0.820. The SMILES string of the molecule is Cc1cc(CNc2ccc(Cl)cc2Br)cc(C)c1O. The summed E-state index contributed by atoms with van der Waals surface area (Å²) in [6.45, 7) is 4.51. The molecule has 0 aliphatic rings. The highest BCUT2D eigenvalue weighted by atomic mass is 79.9. The summed E-state index contributed by atoms with van der Waals surface area (Å²) in [6.07, 6.45) is 0. The molecule has 0 aliphatic carbocycles. The maximum atomic E-state index is 9.75. The van der Waals surface area contributed by atoms with Crippen LogP contribution in [-0.4, -0.2) is 5.11 Å². The van der Waals surface area contributed by atoms with E-state index in [1.807, 2.05) is 44.2 Å². The largest absolute Gasteiger partial charge is 0.507 e. The van der Waals surface area contributed by atoms with Crippen molar-refractivity contribution >= 4 is 33.2 Å². The molecule has 0 saturated carbocycles. The molecule has 0 aromatic heterocycles. The molecule has 0 fully saturated rings. The van der Waals surface area contributed by atoms with Gasteiger partial charge in [-0.1, -0.05) is 23.7 Å². The van der Waals surface area contributed by atoms with Gasteiger partial charge in [0.05, 0.1) is 0 Å². The lowest BCUT2D eigenvalue weighted by molar-refractivity contribution is 0.466. The van der Waals surface area contributed by atoms with E-state index in [0.717, 1.165) is 26.9 Å². The fourth-order valence-electron chi connectivity index (χ4n) is 1.98. The zero-order valence-corrected chi connectivity index (χ0v) is 13.1. The van der Waals surface area contributed by atoms with Crippen molar-refractivity contribution in [2.24, 2.45) is 0 Å². The van der Waals surface area contributed by atoms with Gasteiger partial charge in [-0.25, -0.2) is 0 Å². The Morgan fingerprint density at radius 2 is 1.79 bits per heavy atom. The number of aryl methyl sites for hydroxylation is 2. The van der Waals surface area contributed by atoms with Gasteiger partial charge in [0.15, 0.2) is 0 Å². The van der Waals surface area contributed by atoms with Crippen LogP contribution in [0.1, 0.15) is 16.7 Å². The molecule has 0 amide bonds. The highest BCUT2D eigenvalue weighted by Crippen LogP contribution is 2.27. The fraction of sp³-hybridized carbons (Fsp3) is 0.200. The van der Waals surface area contributed by atoms with Crippen LogP contribution in [0.25, 0.3) is 0 Å². The van der Waals surface area contributed by atoms with Crippen LogP contribution >= 0.6 is 27.5 Å². The summed E-state index contributed by atoms with van der Waals surface area (Å²) in [4.78, 5) is 0. The van der Waals surface area contributed by atoms with E-state index in [4.69, 9.17) is 11.6 Å². The Morgan fingerprint density at radius 1 is 1.16 bits per heavy atom. The van der Waals surface area contributed by atoms with Gasteiger partial charge in [-0.15, -0.1) is 0 Å². The third-order valence-electron chi connectivity index (χ3n) is 2.96. The third-order valence-corrected chi connectivity index (χ3v) is 3.86. The first-order chi connectivity index (χ1) is 8.97. The summed E-state index contributed by atoms with van der Waals surface area (Å²) in [7, 11) is 0. The average Bonchev–Trinajstić information content (AvgIpc) is 2.34. The summed E-state index contributed by atoms with van der Waals surface area (Å²) < 4.78 is 0.937. The summed E-state index contributed by atoms with van der Waals surface area (Å²) in [5.74, 6) is 0.372. The first-order valence-corrected chi connectivity index (χ1v) is 7.12. The van der Waals surface area contributed by atoms with E-state index < -0.39 is 0 Å². The first kappa shape index (κ1) is 14.2. The minimum Gasteiger partial charge on any atom is -0.507 e. The van der Waals surface area contributed by atoms with Crippen molar-refractivity contribution in [3.63, 3.8) is 0 Å². The molecule has 0 saturated heterocycles. The standard InChI is InChI=1S/C15H15BrClNO/c1-9-5-11(6-10(2)15(9)19)8-18-14-4-3-12(17)7-13(14)16/h3-7,18-19H,8H2,1-2H3. The lowest BCUT2D eigenvalue weighted by atomic mass is 10.1. The molecular formula is C15H15BrClNO. The summed E-state index contributed by atoms with van der Waals surface area (Å²) in [6, 6.07) is 9.62. The van der Waals surface area contributed by atoms with Crippen LogP contribution in [-0.2, 0) is 6.54 Å². The Hall–Kier alpha value is -1.19. The van der Waals surface area contributed by atoms with Crippen LogP contribution < -0.4 is 5.32 Å². The van der Waals surface area contributed by atoms with Crippen LogP contribution in [0, 0.1) is 13.8 Å². The maximum Gasteiger partial charge on any atom is 0.121 e. The lowest BCUT2D eigenvalue weighted by Gasteiger charge is -2.11. The van der Waals surface area contributed by atoms with Crippen LogP contribution in [0.3, 0.4) is 0 Å². The lowest BCUT2D eigenvalue weighted by Crippen LogP contribution is -2.01. The van der Waals surface area contributed by atoms with Crippen molar-refractivity contribution in [1.82, 2.24) is 0 Å². The van der Waals surface area contributed by atoms with Crippen molar-refractivity contribution in [2.45, 2.75) is 20.4 Å². The minimum absolute atomic E-state index is 0.372. The molecule has 2 aromatic carbocycles. The van der Waals surface area contributed by atoms with Crippen LogP contribution in [0.4, 0.5) is 5.69 Å². The van der Waals surface area contributed by atoms with Crippen molar-refractivity contribution in [1.29, 1.82) is 0 Å². The molecule has 2 nitrogen and oxygen atoms in total. The molecule has 19 heavy (non-hydrogen) atoms. The van der Waals surface area contributed by atoms with E-state index in [1.165, 1.54) is 0 Å². The number of hydrogen-bond acceptors (Lipinski definition) is 2. The van der Waals surface area contributed by atoms with Gasteiger partial charge in [-0.2, -0.15) is 0 Å². The molecule has 0 radical (unpaired) electrons. The predicted octanol–water partition coefficient (Wildman–Crippen LogP) is 5.04. The highest BCUT2D eigenvalue weighted by Gasteiger charge is 2.05. The highest BCUT2D eigenvalue weighted by molar-refractivity contribution is 9.10. The molecule has 0 aliphatic heterocycles. The van der Waals surface area contributed by atoms with E-state index in [0.29, 0.717) is 17.3 Å². The second kappa shape index (κ2) is 5.85. The van der Waals surface area contributed by atoms with Crippen molar-refractivity contribution in [3.8, 4) is 5.75 Å². The van der Waals surface area contributed by atoms with Crippen LogP contribution in [0.5, 0.6) is 5.75 Å². The number of aromatic hydroxyl groups is 1. The number of hydrogen-bond donors (Lipinski definition) is 2. The van der Waals surface area contributed by atoms with Crippen molar-refractivity contribution in [2.75, 3.05) is 5.32 Å². The Morgan fingerprint density at radius 3 is 2.37 bits per heavy atom. The number of benzene rings is 2. The Bertz CT molecular complexity index is 590. The van der Waals surface area contributed by atoms with E-state index in [1.54, 1.807) is 0 Å². The van der Waals surface area contributed by atoms with E-state index >= 15 is 0 Å². The van der Waals surface area contributed by atoms with Gasteiger partial charge >= 0.3 is 0 Å². The summed E-state index contributed by atoms with van der Waals surface area (Å²) in [5, 5.41) is 13.8. The van der Waals surface area contributed by atoms with Gasteiger partial charge in [0.2, 0.25) is 0 Å². The van der Waals surface area contributed by atoms with E-state index in [2.05, 4.69) is 21.2 Å². The average molecular weight is 341 g/mol. The second-order valence-electron chi connectivity index (χ2n) is 4.56. The molecule has 0 unspecified atom stereocenters. The summed E-state index contributed by atoms with van der Waals surface area (Å²) >= 11 is 9.38. The smallest absolute Gasteiger partial charge is 0.121 e. The third kappa shape index (κ3) is 3.43. The number of anilines is 1. The Kier molecular flexibility index (Phi) is 4.38. The monoisotopic (exact) mass is 339 g/mol. The molecule has 0 bridgehead atoms. The fourth-order valence-corrected chi connectivity index (χ4v) is 2.80. The molecule has 0 heterocycles. The minimum atomic E-state index is 0.372. The normalized spacial score (nSPS) is 10.5. The second-order valence-corrected chi connectivity index (χ2v) is 5.85. The molecule has 2 N–H and O–H groups in total. The maximum absolute atomic E-state index is 9.75. The number of halogens is 2. The zero-order chi connectivity index (χ0) is 14.0. The first-order valence-electron chi connectivity index (χ1n) is 5.95. The zero-order valence-electron chi connectivity index (χ0n) is 10.8. The summed E-state index contributed by atoms with van der Waals surface area (Å²) in [5.41, 5.74) is 3.92. The van der Waals surface area contributed by atoms with Gasteiger partial charge in [0, 0.05) is 21.7 Å². The molecule has 2 rings (SSSR count). The van der Waals surface area contributed by atoms with Gasteiger partial charge < -0.3 is 10.4 Å². The topological polar surface area (TPSA) is 32.3 Å². The molecule has 2 aromatic rings. The predicted molar refractivity (Wildman–Crippen MR) is 84.1 cm³/mol. The number of nitrogens with one attached hydrogen (secondary N) is 1. The number of rotatable bonds is 3. The Labute approximate surface area is 126 Å². The molecular weight excluding hydrogens is 326 g/mol. The van der Waals surface area contributed by atoms with Gasteiger partial charge in [0.25, 0.3) is 0 Å². The van der Waals surface area contributed by atoms with Gasteiger partial charge in [-0.3, -0.25) is 0 Å². The molecule has 100 valence electrons. The van der Waals surface area contributed by atoms with Crippen LogP contribution in [0.15, 0.2) is 34.8 Å². The van der Waals surface area contributed by atoms with Crippen molar-refractivity contribution in [3.05, 3.63) is 56.5 Å². The Balaban J connectivity index is 2.14.